The van der Waals surface area contributed by atoms with Gasteiger partial charge in [0, 0.05) is 0 Å². The van der Waals surface area contributed by atoms with Crippen molar-refractivity contribution in [3.8, 4) is 16.9 Å². The van der Waals surface area contributed by atoms with Crippen LogP contribution in [-0.2, 0) is 6.42 Å². The van der Waals surface area contributed by atoms with Crippen LogP contribution in [0.1, 0.15) is 133 Å². The van der Waals surface area contributed by atoms with Crippen LogP contribution < -0.4 is 4.74 Å². The van der Waals surface area contributed by atoms with Crippen LogP contribution >= 0.6 is 0 Å². The molecule has 3 aromatic rings. The minimum absolute atomic E-state index is 0.667. The normalized spacial score (nSPS) is 11.2. The lowest BCUT2D eigenvalue weighted by Gasteiger charge is -2.12. The van der Waals surface area contributed by atoms with Crippen molar-refractivity contribution in [3.05, 3.63) is 65.7 Å². The quantitative estimate of drug-likeness (QED) is 0.101. The predicted molar refractivity (Wildman–Crippen MR) is 169 cm³/mol. The fourth-order valence-corrected chi connectivity index (χ4v) is 5.51. The second-order valence-corrected chi connectivity index (χ2v) is 11.3. The number of hydrogen-bond donors (Lipinski definition) is 0. The lowest BCUT2D eigenvalue weighted by molar-refractivity contribution is 0.112. The van der Waals surface area contributed by atoms with Gasteiger partial charge < -0.3 is 4.74 Å². The molecule has 3 rings (SSSR count). The Bertz CT molecular complexity index is 1080. The van der Waals surface area contributed by atoms with Gasteiger partial charge in [0.25, 0.3) is 0 Å². The van der Waals surface area contributed by atoms with Crippen molar-refractivity contribution in [3.63, 3.8) is 0 Å². The van der Waals surface area contributed by atoms with Crippen molar-refractivity contribution in [2.75, 3.05) is 6.61 Å². The zero-order valence-corrected chi connectivity index (χ0v) is 24.8. The van der Waals surface area contributed by atoms with Gasteiger partial charge in [0.15, 0.2) is 6.29 Å². The van der Waals surface area contributed by atoms with Gasteiger partial charge in [0.05, 0.1) is 12.2 Å². The molecule has 0 fully saturated rings. The number of unbranched alkanes of at least 4 members (excludes halogenated alkanes) is 14. The second kappa shape index (κ2) is 18.6. The molecule has 0 heterocycles. The zero-order chi connectivity index (χ0) is 27.5. The Hall–Kier alpha value is -2.61. The molecule has 0 unspecified atom stereocenters. The molecule has 0 aliphatic carbocycles. The fourth-order valence-electron chi connectivity index (χ4n) is 5.51. The fraction of sp³-hybridized carbons (Fsp3) is 0.541. The van der Waals surface area contributed by atoms with Crippen LogP contribution in [0.2, 0.25) is 0 Å². The maximum absolute atomic E-state index is 12.0. The van der Waals surface area contributed by atoms with Gasteiger partial charge in [0.2, 0.25) is 0 Å². The monoisotopic (exact) mass is 528 g/mol. The highest BCUT2D eigenvalue weighted by atomic mass is 16.5. The lowest BCUT2D eigenvalue weighted by Crippen LogP contribution is -2.00. The Labute approximate surface area is 238 Å². The average Bonchev–Trinajstić information content (AvgIpc) is 2.97. The van der Waals surface area contributed by atoms with Crippen molar-refractivity contribution in [2.45, 2.75) is 123 Å². The number of hydrogen-bond acceptors (Lipinski definition) is 2. The van der Waals surface area contributed by atoms with Crippen LogP contribution in [0.3, 0.4) is 0 Å². The molecule has 39 heavy (non-hydrogen) atoms. The van der Waals surface area contributed by atoms with Crippen molar-refractivity contribution >= 4 is 17.1 Å². The van der Waals surface area contributed by atoms with Gasteiger partial charge in [-0.25, -0.2) is 0 Å². The van der Waals surface area contributed by atoms with Crippen LogP contribution in [0, 0.1) is 0 Å². The third kappa shape index (κ3) is 10.8. The van der Waals surface area contributed by atoms with E-state index in [1.807, 2.05) is 6.07 Å². The number of aryl methyl sites for hydroxylation is 1. The molecule has 212 valence electrons. The molecular formula is C37H52O2. The summed E-state index contributed by atoms with van der Waals surface area (Å²) >= 11 is 0. The Morgan fingerprint density at radius 3 is 1.77 bits per heavy atom. The summed E-state index contributed by atoms with van der Waals surface area (Å²) in [6.45, 7) is 5.21. The molecule has 0 N–H and O–H groups in total. The maximum Gasteiger partial charge on any atom is 0.154 e. The topological polar surface area (TPSA) is 26.3 Å². The molecule has 0 bridgehead atoms. The molecule has 2 nitrogen and oxygen atoms in total. The molecule has 0 aliphatic rings. The number of rotatable bonds is 21. The predicted octanol–water partition coefficient (Wildman–Crippen LogP) is 11.5. The second-order valence-electron chi connectivity index (χ2n) is 11.3. The highest BCUT2D eigenvalue weighted by Gasteiger charge is 2.10. The first-order chi connectivity index (χ1) is 19.3. The van der Waals surface area contributed by atoms with E-state index in [1.165, 1.54) is 113 Å². The Balaban J connectivity index is 1.47. The number of benzene rings is 3. The van der Waals surface area contributed by atoms with E-state index in [4.69, 9.17) is 4.74 Å². The van der Waals surface area contributed by atoms with Gasteiger partial charge in [-0.3, -0.25) is 4.79 Å². The van der Waals surface area contributed by atoms with Crippen LogP contribution in [-0.4, -0.2) is 12.9 Å². The molecule has 0 atom stereocenters. The number of carbonyl (C=O) groups is 1. The van der Waals surface area contributed by atoms with E-state index >= 15 is 0 Å². The molecule has 0 spiro atoms. The lowest BCUT2D eigenvalue weighted by atomic mass is 9.97. The third-order valence-electron chi connectivity index (χ3n) is 8.00. The van der Waals surface area contributed by atoms with Gasteiger partial charge >= 0.3 is 0 Å². The minimum atomic E-state index is 0.667. The van der Waals surface area contributed by atoms with E-state index < -0.39 is 0 Å². The number of fused-ring (bicyclic) bond motifs is 1. The van der Waals surface area contributed by atoms with Gasteiger partial charge in [-0.15, -0.1) is 0 Å². The summed E-state index contributed by atoms with van der Waals surface area (Å²) in [5.74, 6) is 0.709. The van der Waals surface area contributed by atoms with Gasteiger partial charge in [-0.1, -0.05) is 146 Å². The van der Waals surface area contributed by atoms with Crippen LogP contribution in [0.15, 0.2) is 54.6 Å². The molecule has 0 aromatic heterocycles. The summed E-state index contributed by atoms with van der Waals surface area (Å²) < 4.78 is 6.06. The van der Waals surface area contributed by atoms with E-state index in [2.05, 4.69) is 62.4 Å². The first-order valence-corrected chi connectivity index (χ1v) is 16.0. The highest BCUT2D eigenvalue weighted by Crippen LogP contribution is 2.31. The van der Waals surface area contributed by atoms with E-state index in [0.29, 0.717) is 17.9 Å². The zero-order valence-electron chi connectivity index (χ0n) is 24.8. The standard InChI is InChI=1S/C37H52O2/c1-3-5-7-9-11-12-13-14-16-18-28-39-37-27-25-34-29-33(24-26-35(34)36(37)30-38)32-22-20-31(21-23-32)19-17-15-10-8-6-4-2/h20-27,29-30H,3-19,28H2,1-2H3. The minimum Gasteiger partial charge on any atom is -0.493 e. The van der Waals surface area contributed by atoms with Crippen LogP contribution in [0.25, 0.3) is 21.9 Å². The number of carbonyl (C=O) groups excluding carboxylic acids is 1. The van der Waals surface area contributed by atoms with Crippen LogP contribution in [0.4, 0.5) is 0 Å². The number of ether oxygens (including phenoxy) is 1. The molecule has 3 aromatic carbocycles. The smallest absolute Gasteiger partial charge is 0.154 e. The molecule has 0 saturated heterocycles. The highest BCUT2D eigenvalue weighted by molar-refractivity contribution is 6.02. The maximum atomic E-state index is 12.0. The third-order valence-corrected chi connectivity index (χ3v) is 8.00. The van der Waals surface area contributed by atoms with Crippen molar-refractivity contribution < 1.29 is 9.53 Å². The number of aldehydes is 1. The van der Waals surface area contributed by atoms with Crippen LogP contribution in [0.5, 0.6) is 5.75 Å². The van der Waals surface area contributed by atoms with E-state index in [0.717, 1.165) is 29.9 Å². The molecule has 0 aliphatic heterocycles. The summed E-state index contributed by atoms with van der Waals surface area (Å²) in [7, 11) is 0. The van der Waals surface area contributed by atoms with E-state index in [9.17, 15) is 4.79 Å². The first-order valence-electron chi connectivity index (χ1n) is 16.0. The summed E-state index contributed by atoms with van der Waals surface area (Å²) in [4.78, 5) is 12.0. The average molecular weight is 529 g/mol. The summed E-state index contributed by atoms with van der Waals surface area (Å²) in [6, 6.07) is 19.5. The van der Waals surface area contributed by atoms with Gasteiger partial charge in [-0.05, 0) is 58.9 Å². The van der Waals surface area contributed by atoms with E-state index in [1.54, 1.807) is 0 Å². The molecule has 0 amide bonds. The largest absolute Gasteiger partial charge is 0.493 e. The Morgan fingerprint density at radius 2 is 1.15 bits per heavy atom. The molecule has 0 radical (unpaired) electrons. The summed E-state index contributed by atoms with van der Waals surface area (Å²) in [5, 5.41) is 2.05. The summed E-state index contributed by atoms with van der Waals surface area (Å²) in [5.41, 5.74) is 4.49. The van der Waals surface area contributed by atoms with Gasteiger partial charge in [0.1, 0.15) is 5.75 Å². The SMILES string of the molecule is CCCCCCCCCCCCOc1ccc2cc(-c3ccc(CCCCCCCC)cc3)ccc2c1C=O. The van der Waals surface area contributed by atoms with E-state index in [-0.39, 0.29) is 0 Å². The summed E-state index contributed by atoms with van der Waals surface area (Å²) in [6.07, 6.45) is 23.2. The first kappa shape index (κ1) is 30.9. The molecular weight excluding hydrogens is 476 g/mol. The molecule has 2 heteroatoms. The van der Waals surface area contributed by atoms with Crippen molar-refractivity contribution in [1.29, 1.82) is 0 Å². The molecule has 0 saturated carbocycles. The van der Waals surface area contributed by atoms with Gasteiger partial charge in [-0.2, -0.15) is 0 Å². The van der Waals surface area contributed by atoms with Crippen molar-refractivity contribution in [2.24, 2.45) is 0 Å². The van der Waals surface area contributed by atoms with Crippen molar-refractivity contribution in [1.82, 2.24) is 0 Å². The Kier molecular flexibility index (Phi) is 14.8. The Morgan fingerprint density at radius 1 is 0.590 bits per heavy atom.